The molecule has 5 nitrogen and oxygen atoms in total. The van der Waals surface area contributed by atoms with Crippen LogP contribution in [0.15, 0.2) is 0 Å². The molecule has 1 saturated heterocycles. The zero-order valence-corrected chi connectivity index (χ0v) is 11.3. The Morgan fingerprint density at radius 1 is 1.41 bits per heavy atom. The lowest BCUT2D eigenvalue weighted by Gasteiger charge is -2.38. The highest BCUT2D eigenvalue weighted by Crippen LogP contribution is 2.10. The number of hydrogen-bond acceptors (Lipinski definition) is 4. The Labute approximate surface area is 104 Å². The van der Waals surface area contributed by atoms with Crippen LogP contribution in [0.4, 0.5) is 4.79 Å². The molecule has 0 aromatic rings. The van der Waals surface area contributed by atoms with Crippen molar-refractivity contribution in [3.05, 3.63) is 0 Å². The summed E-state index contributed by atoms with van der Waals surface area (Å²) in [4.78, 5) is 15.8. The number of amides is 1. The Morgan fingerprint density at radius 2 is 2.12 bits per heavy atom. The van der Waals surface area contributed by atoms with E-state index < -0.39 is 0 Å². The van der Waals surface area contributed by atoms with E-state index in [1.54, 1.807) is 4.90 Å². The summed E-state index contributed by atoms with van der Waals surface area (Å²) in [6, 6.07) is 0.267. The molecular weight excluding hydrogens is 220 g/mol. The fraction of sp³-hybridized carbons (Fsp3) is 0.917. The van der Waals surface area contributed by atoms with E-state index in [9.17, 15) is 4.79 Å². The summed E-state index contributed by atoms with van der Waals surface area (Å²) in [5.74, 6) is 0. The minimum Gasteiger partial charge on any atom is -0.447 e. The number of carbonyl (C=O) groups is 1. The first-order valence-corrected chi connectivity index (χ1v) is 6.28. The lowest BCUT2D eigenvalue weighted by atomic mass is 10.2. The summed E-state index contributed by atoms with van der Waals surface area (Å²) < 4.78 is 10.6. The van der Waals surface area contributed by atoms with Crippen molar-refractivity contribution in [1.82, 2.24) is 9.80 Å². The molecule has 0 radical (unpaired) electrons. The van der Waals surface area contributed by atoms with E-state index in [2.05, 4.69) is 11.9 Å². The highest BCUT2D eigenvalue weighted by atomic mass is 16.6. The second kappa shape index (κ2) is 6.81. The maximum Gasteiger partial charge on any atom is 0.410 e. The molecule has 1 aliphatic rings. The third-order valence-corrected chi connectivity index (χ3v) is 2.89. The Kier molecular flexibility index (Phi) is 5.71. The summed E-state index contributed by atoms with van der Waals surface area (Å²) >= 11 is 0. The highest BCUT2D eigenvalue weighted by Gasteiger charge is 2.28. The first-order valence-electron chi connectivity index (χ1n) is 6.28. The zero-order chi connectivity index (χ0) is 12.8. The van der Waals surface area contributed by atoms with Crippen LogP contribution in [0.1, 0.15) is 20.8 Å². The topological polar surface area (TPSA) is 42.0 Å². The van der Waals surface area contributed by atoms with E-state index in [4.69, 9.17) is 9.47 Å². The number of likely N-dealkylation sites (N-methyl/N-ethyl adjacent to an activating group) is 1. The Morgan fingerprint density at radius 3 is 2.71 bits per heavy atom. The molecule has 0 aliphatic carbocycles. The number of nitrogens with zero attached hydrogens (tertiary/aromatic N) is 2. The van der Waals surface area contributed by atoms with Gasteiger partial charge in [0.05, 0.1) is 18.8 Å². The van der Waals surface area contributed by atoms with Gasteiger partial charge >= 0.3 is 6.09 Å². The van der Waals surface area contributed by atoms with E-state index in [0.717, 1.165) is 13.1 Å². The fourth-order valence-electron chi connectivity index (χ4n) is 1.82. The summed E-state index contributed by atoms with van der Waals surface area (Å²) in [7, 11) is 2.06. The predicted octanol–water partition coefficient (Wildman–Crippen LogP) is 1.18. The predicted molar refractivity (Wildman–Crippen MR) is 66.1 cm³/mol. The molecule has 0 N–H and O–H groups in total. The molecule has 100 valence electrons. The van der Waals surface area contributed by atoms with E-state index in [0.29, 0.717) is 19.8 Å². The third kappa shape index (κ3) is 4.52. The Balaban J connectivity index is 2.45. The van der Waals surface area contributed by atoms with Gasteiger partial charge in [-0.3, -0.25) is 4.90 Å². The van der Waals surface area contributed by atoms with E-state index in [1.807, 2.05) is 20.8 Å². The van der Waals surface area contributed by atoms with Crippen LogP contribution in [0.2, 0.25) is 0 Å². The second-order valence-corrected chi connectivity index (χ2v) is 4.67. The molecule has 1 heterocycles. The SMILES string of the molecule is CCOCC1CN(C(=O)OC(C)C)CCN1C. The molecule has 1 atom stereocenters. The van der Waals surface area contributed by atoms with Crippen molar-refractivity contribution >= 4 is 6.09 Å². The smallest absolute Gasteiger partial charge is 0.410 e. The van der Waals surface area contributed by atoms with Crippen molar-refractivity contribution in [3.8, 4) is 0 Å². The van der Waals surface area contributed by atoms with Crippen LogP contribution in [0.3, 0.4) is 0 Å². The molecule has 17 heavy (non-hydrogen) atoms. The second-order valence-electron chi connectivity index (χ2n) is 4.67. The van der Waals surface area contributed by atoms with Crippen LogP contribution in [0.25, 0.3) is 0 Å². The molecule has 1 rings (SSSR count). The van der Waals surface area contributed by atoms with Gasteiger partial charge in [-0.25, -0.2) is 4.79 Å². The van der Waals surface area contributed by atoms with Gasteiger partial charge in [-0.1, -0.05) is 0 Å². The Hall–Kier alpha value is -0.810. The van der Waals surface area contributed by atoms with Gasteiger partial charge in [0, 0.05) is 26.2 Å². The first-order chi connectivity index (χ1) is 8.04. The molecule has 1 unspecified atom stereocenters. The quantitative estimate of drug-likeness (QED) is 0.745. The van der Waals surface area contributed by atoms with Gasteiger partial charge in [0.25, 0.3) is 0 Å². The van der Waals surface area contributed by atoms with Crippen LogP contribution in [0.5, 0.6) is 0 Å². The van der Waals surface area contributed by atoms with Crippen LogP contribution in [-0.4, -0.2) is 67.9 Å². The van der Waals surface area contributed by atoms with Crippen molar-refractivity contribution in [2.24, 2.45) is 0 Å². The third-order valence-electron chi connectivity index (χ3n) is 2.89. The van der Waals surface area contributed by atoms with E-state index >= 15 is 0 Å². The minimum absolute atomic E-state index is 0.0625. The normalized spacial score (nSPS) is 21.9. The van der Waals surface area contributed by atoms with Crippen LogP contribution in [-0.2, 0) is 9.47 Å². The number of hydrogen-bond donors (Lipinski definition) is 0. The van der Waals surface area contributed by atoms with Crippen molar-refractivity contribution < 1.29 is 14.3 Å². The monoisotopic (exact) mass is 244 g/mol. The number of carbonyl (C=O) groups excluding carboxylic acids is 1. The molecule has 0 aromatic heterocycles. The fourth-order valence-corrected chi connectivity index (χ4v) is 1.82. The van der Waals surface area contributed by atoms with Gasteiger partial charge in [-0.05, 0) is 27.8 Å². The van der Waals surface area contributed by atoms with Crippen molar-refractivity contribution in [2.75, 3.05) is 39.9 Å². The van der Waals surface area contributed by atoms with Gasteiger partial charge in [-0.15, -0.1) is 0 Å². The van der Waals surface area contributed by atoms with Crippen molar-refractivity contribution in [2.45, 2.75) is 32.9 Å². The molecule has 0 aromatic carbocycles. The molecule has 5 heteroatoms. The van der Waals surface area contributed by atoms with Crippen LogP contribution < -0.4 is 0 Å². The van der Waals surface area contributed by atoms with Gasteiger partial charge in [-0.2, -0.15) is 0 Å². The number of piperazine rings is 1. The van der Waals surface area contributed by atoms with Crippen molar-refractivity contribution in [3.63, 3.8) is 0 Å². The summed E-state index contributed by atoms with van der Waals surface area (Å²) in [5, 5.41) is 0. The zero-order valence-electron chi connectivity index (χ0n) is 11.3. The molecule has 0 bridgehead atoms. The van der Waals surface area contributed by atoms with Crippen molar-refractivity contribution in [1.29, 1.82) is 0 Å². The average Bonchev–Trinajstić information content (AvgIpc) is 2.27. The van der Waals surface area contributed by atoms with E-state index in [-0.39, 0.29) is 18.2 Å². The van der Waals surface area contributed by atoms with Gasteiger partial charge in [0.15, 0.2) is 0 Å². The average molecular weight is 244 g/mol. The first kappa shape index (κ1) is 14.3. The van der Waals surface area contributed by atoms with Gasteiger partial charge < -0.3 is 14.4 Å². The van der Waals surface area contributed by atoms with Gasteiger partial charge in [0.2, 0.25) is 0 Å². The number of rotatable bonds is 4. The maximum absolute atomic E-state index is 11.8. The van der Waals surface area contributed by atoms with Crippen LogP contribution >= 0.6 is 0 Å². The summed E-state index contributed by atoms with van der Waals surface area (Å²) in [6.45, 7) is 9.36. The highest BCUT2D eigenvalue weighted by molar-refractivity contribution is 5.68. The standard InChI is InChI=1S/C12H24N2O3/c1-5-16-9-11-8-14(7-6-13(11)4)12(15)17-10(2)3/h10-11H,5-9H2,1-4H3. The summed E-state index contributed by atoms with van der Waals surface area (Å²) in [6.07, 6.45) is -0.276. The molecule has 1 aliphatic heterocycles. The molecular formula is C12H24N2O3. The molecule has 0 saturated carbocycles. The molecule has 1 fully saturated rings. The molecule has 0 spiro atoms. The number of ether oxygens (including phenoxy) is 2. The lowest BCUT2D eigenvalue weighted by Crippen LogP contribution is -2.55. The largest absolute Gasteiger partial charge is 0.447 e. The van der Waals surface area contributed by atoms with Gasteiger partial charge in [0.1, 0.15) is 0 Å². The molecule has 1 amide bonds. The summed E-state index contributed by atoms with van der Waals surface area (Å²) in [5.41, 5.74) is 0. The minimum atomic E-state index is -0.213. The maximum atomic E-state index is 11.8. The van der Waals surface area contributed by atoms with E-state index in [1.165, 1.54) is 0 Å². The Bertz CT molecular complexity index is 246. The van der Waals surface area contributed by atoms with Crippen LogP contribution in [0, 0.1) is 0 Å². The lowest BCUT2D eigenvalue weighted by molar-refractivity contribution is 0.0141.